The van der Waals surface area contributed by atoms with E-state index in [1.807, 2.05) is 18.2 Å². The van der Waals surface area contributed by atoms with Gasteiger partial charge in [0.05, 0.1) is 10.2 Å². The molecular weight excluding hydrogens is 269 g/mol. The van der Waals surface area contributed by atoms with Crippen molar-refractivity contribution in [2.24, 2.45) is 0 Å². The van der Waals surface area contributed by atoms with Crippen molar-refractivity contribution in [2.45, 2.75) is 4.34 Å². The van der Waals surface area contributed by atoms with Crippen LogP contribution in [0.2, 0.25) is 0 Å². The van der Waals surface area contributed by atoms with Crippen molar-refractivity contribution in [3.8, 4) is 0 Å². The summed E-state index contributed by atoms with van der Waals surface area (Å²) in [5.41, 5.74) is 0.698. The van der Waals surface area contributed by atoms with Gasteiger partial charge in [0.1, 0.15) is 0 Å². The summed E-state index contributed by atoms with van der Waals surface area (Å²) < 4.78 is 28.0. The van der Waals surface area contributed by atoms with Gasteiger partial charge in [0.25, 0.3) is 0 Å². The van der Waals surface area contributed by atoms with E-state index in [9.17, 15) is 8.77 Å². The highest BCUT2D eigenvalue weighted by molar-refractivity contribution is 7.87. The van der Waals surface area contributed by atoms with Crippen molar-refractivity contribution in [3.05, 3.63) is 24.3 Å². The van der Waals surface area contributed by atoms with E-state index < -0.39 is 18.7 Å². The Morgan fingerprint density at radius 2 is 2.19 bits per heavy atom. The zero-order valence-electron chi connectivity index (χ0n) is 8.19. The second kappa shape index (κ2) is 4.35. The number of nitrogens with zero attached hydrogens (tertiary/aromatic N) is 1. The second-order valence-electron chi connectivity index (χ2n) is 3.06. The van der Waals surface area contributed by atoms with Crippen LogP contribution in [0.25, 0.3) is 10.2 Å². The normalized spacial score (nSPS) is 17.1. The zero-order valence-corrected chi connectivity index (χ0v) is 10.7. The monoisotopic (exact) mass is 277 g/mol. The van der Waals surface area contributed by atoms with E-state index in [1.54, 1.807) is 6.07 Å². The summed E-state index contributed by atoms with van der Waals surface area (Å²) in [6.45, 7) is 0.984. The molecule has 2 aromatic rings. The Labute approximate surface area is 98.3 Å². The number of benzene rings is 1. The fourth-order valence-corrected chi connectivity index (χ4v) is 4.02. The van der Waals surface area contributed by atoms with E-state index in [4.69, 9.17) is 4.89 Å². The van der Waals surface area contributed by atoms with Gasteiger partial charge in [-0.1, -0.05) is 12.1 Å². The molecule has 0 aliphatic carbocycles. The van der Waals surface area contributed by atoms with Crippen molar-refractivity contribution < 1.29 is 17.6 Å². The van der Waals surface area contributed by atoms with Gasteiger partial charge in [-0.2, -0.15) is 0 Å². The molecular formula is C8H8NO4PS2. The highest BCUT2D eigenvalue weighted by Gasteiger charge is 2.20. The van der Waals surface area contributed by atoms with Gasteiger partial charge in [-0.25, -0.2) is 13.2 Å². The predicted molar refractivity (Wildman–Crippen MR) is 62.9 cm³/mol. The molecule has 0 bridgehead atoms. The summed E-state index contributed by atoms with van der Waals surface area (Å²) in [6.07, 6.45) is 0. The predicted octanol–water partition coefficient (Wildman–Crippen LogP) is 2.15. The van der Waals surface area contributed by atoms with Gasteiger partial charge >= 0.3 is 7.60 Å². The quantitative estimate of drug-likeness (QED) is 0.870. The smallest absolute Gasteiger partial charge is 0.324 e. The molecule has 0 saturated carbocycles. The third kappa shape index (κ3) is 2.75. The minimum Gasteiger partial charge on any atom is -0.324 e. The average Bonchev–Trinajstić information content (AvgIpc) is 2.58. The van der Waals surface area contributed by atoms with Crippen LogP contribution in [0.3, 0.4) is 0 Å². The molecule has 2 atom stereocenters. The van der Waals surface area contributed by atoms with Crippen molar-refractivity contribution in [3.63, 3.8) is 0 Å². The molecule has 0 saturated heterocycles. The summed E-state index contributed by atoms with van der Waals surface area (Å²) in [7, 11) is -3.76. The molecule has 1 aromatic heterocycles. The zero-order chi connectivity index (χ0) is 11.8. The minimum absolute atomic E-state index is 0.192. The number of hydrogen-bond donors (Lipinski definition) is 1. The van der Waals surface area contributed by atoms with Crippen LogP contribution in [0, 0.1) is 0 Å². The van der Waals surface area contributed by atoms with E-state index in [0.717, 1.165) is 11.4 Å². The number of para-hydroxylation sites is 1. The van der Waals surface area contributed by atoms with Gasteiger partial charge < -0.3 is 4.89 Å². The first-order valence-electron chi connectivity index (χ1n) is 4.23. The summed E-state index contributed by atoms with van der Waals surface area (Å²) in [5.74, 6) is 0. The lowest BCUT2D eigenvalue weighted by molar-refractivity contribution is 0.399. The first-order valence-corrected chi connectivity index (χ1v) is 8.15. The van der Waals surface area contributed by atoms with Crippen molar-refractivity contribution in [2.75, 3.05) is 6.66 Å². The fraction of sp³-hybridized carbons (Fsp3) is 0.125. The Kier molecular flexibility index (Phi) is 3.23. The van der Waals surface area contributed by atoms with Crippen LogP contribution < -0.4 is 0 Å². The average molecular weight is 277 g/mol. The molecule has 0 aliphatic heterocycles. The molecule has 86 valence electrons. The first-order chi connectivity index (χ1) is 7.46. The van der Waals surface area contributed by atoms with Gasteiger partial charge in [-0.05, 0) is 12.1 Å². The van der Waals surface area contributed by atoms with Crippen LogP contribution in [0.5, 0.6) is 0 Å². The number of aromatic nitrogens is 1. The maximum atomic E-state index is 11.5. The van der Waals surface area contributed by atoms with Gasteiger partial charge in [-0.3, -0.25) is 4.57 Å². The molecule has 0 amide bonds. The number of rotatable bonds is 3. The van der Waals surface area contributed by atoms with Crippen molar-refractivity contribution >= 4 is 40.2 Å². The highest BCUT2D eigenvalue weighted by atomic mass is 32.2. The van der Waals surface area contributed by atoms with Crippen LogP contribution in [0.4, 0.5) is 0 Å². The molecule has 0 fully saturated rings. The Hall–Kier alpha value is -0.590. The van der Waals surface area contributed by atoms with E-state index in [2.05, 4.69) is 8.95 Å². The number of fused-ring (bicyclic) bond motifs is 1. The van der Waals surface area contributed by atoms with E-state index in [-0.39, 0.29) is 4.34 Å². The van der Waals surface area contributed by atoms with Gasteiger partial charge in [0.2, 0.25) is 15.4 Å². The molecule has 16 heavy (non-hydrogen) atoms. The van der Waals surface area contributed by atoms with Crippen LogP contribution in [0.15, 0.2) is 28.6 Å². The topological polar surface area (TPSA) is 76.5 Å². The van der Waals surface area contributed by atoms with Crippen LogP contribution in [0.1, 0.15) is 0 Å². The minimum atomic E-state index is -3.76. The van der Waals surface area contributed by atoms with Crippen molar-refractivity contribution in [1.82, 2.24) is 4.98 Å². The van der Waals surface area contributed by atoms with Crippen molar-refractivity contribution in [1.29, 1.82) is 0 Å². The van der Waals surface area contributed by atoms with E-state index in [0.29, 0.717) is 5.52 Å². The maximum absolute atomic E-state index is 11.5. The first kappa shape index (κ1) is 11.9. The Morgan fingerprint density at radius 1 is 1.50 bits per heavy atom. The van der Waals surface area contributed by atoms with Gasteiger partial charge in [0, 0.05) is 6.66 Å². The molecule has 8 heteroatoms. The lowest BCUT2D eigenvalue weighted by Crippen LogP contribution is -1.94. The molecule has 0 aliphatic rings. The molecule has 0 spiro atoms. The fourth-order valence-electron chi connectivity index (χ4n) is 1.08. The Balaban J connectivity index is 2.34. The maximum Gasteiger partial charge on any atom is 0.338 e. The lowest BCUT2D eigenvalue weighted by Gasteiger charge is -2.01. The van der Waals surface area contributed by atoms with Crippen LogP contribution in [-0.4, -0.2) is 20.8 Å². The number of thiazole rings is 1. The standard InChI is InChI=1S/C8H8NO4PS2/c1-14(10,11)13-16(12)8-9-6-4-2-3-5-7(6)15-8/h2-5H,1H3,(H,10,11). The second-order valence-corrected chi connectivity index (χ2v) is 7.41. The van der Waals surface area contributed by atoms with Crippen LogP contribution >= 0.6 is 18.9 Å². The van der Waals surface area contributed by atoms with Crippen LogP contribution in [-0.2, 0) is 19.6 Å². The summed E-state index contributed by atoms with van der Waals surface area (Å²) in [4.78, 5) is 13.0. The summed E-state index contributed by atoms with van der Waals surface area (Å²) >= 11 is -0.814. The molecule has 2 rings (SSSR count). The summed E-state index contributed by atoms with van der Waals surface area (Å²) in [6, 6.07) is 7.26. The molecule has 1 aromatic carbocycles. The Morgan fingerprint density at radius 3 is 2.81 bits per heavy atom. The third-order valence-corrected chi connectivity index (χ3v) is 5.14. The third-order valence-electron chi connectivity index (χ3n) is 1.62. The molecule has 1 heterocycles. The summed E-state index contributed by atoms with van der Waals surface area (Å²) in [5, 5.41) is 0. The SMILES string of the molecule is CP(=O)(O)OS(=O)c1nc2ccccc2s1. The van der Waals surface area contributed by atoms with E-state index >= 15 is 0 Å². The van der Waals surface area contributed by atoms with E-state index in [1.165, 1.54) is 11.3 Å². The molecule has 2 unspecified atom stereocenters. The van der Waals surface area contributed by atoms with Gasteiger partial charge in [0.15, 0.2) is 0 Å². The molecule has 5 nitrogen and oxygen atoms in total. The Bertz CT molecular complexity index is 557. The lowest BCUT2D eigenvalue weighted by atomic mass is 10.3. The van der Waals surface area contributed by atoms with Gasteiger partial charge in [-0.15, -0.1) is 11.3 Å². The molecule has 1 N–H and O–H groups in total. The largest absolute Gasteiger partial charge is 0.338 e. The number of hydrogen-bond acceptors (Lipinski definition) is 5. The highest BCUT2D eigenvalue weighted by Crippen LogP contribution is 2.40. The molecule has 0 radical (unpaired) electrons.